The second-order valence-electron chi connectivity index (χ2n) is 6.33. The third-order valence-electron chi connectivity index (χ3n) is 6.00. The summed E-state index contributed by atoms with van der Waals surface area (Å²) >= 11 is 0. The maximum atomic E-state index is 11.7. The van der Waals surface area contributed by atoms with Gasteiger partial charge in [-0.1, -0.05) is 11.1 Å². The number of hydrogen-bond donors (Lipinski definition) is 0. The predicted octanol–water partition coefficient (Wildman–Crippen LogP) is 2.09. The molecular formula is C13H16NO2-. The minimum Gasteiger partial charge on any atom is -0.762 e. The Bertz CT molecular complexity index is 405. The van der Waals surface area contributed by atoms with Crippen molar-refractivity contribution < 1.29 is 4.84 Å². The van der Waals surface area contributed by atoms with Crippen LogP contribution in [-0.2, 0) is 4.84 Å². The molecule has 86 valence electrons. The van der Waals surface area contributed by atoms with Crippen LogP contribution in [0.5, 0.6) is 0 Å². The zero-order valence-electron chi connectivity index (χ0n) is 9.26. The van der Waals surface area contributed by atoms with E-state index in [9.17, 15) is 5.21 Å². The lowest BCUT2D eigenvalue weighted by molar-refractivity contribution is -0.0824. The van der Waals surface area contributed by atoms with Crippen molar-refractivity contribution in [2.24, 2.45) is 29.6 Å². The lowest BCUT2D eigenvalue weighted by Gasteiger charge is -2.36. The molecule has 1 heterocycles. The molecule has 0 amide bonds. The van der Waals surface area contributed by atoms with E-state index in [1.165, 1.54) is 31.3 Å². The molecule has 3 heteroatoms. The molecule has 0 aromatic rings. The van der Waals surface area contributed by atoms with Crippen molar-refractivity contribution in [1.82, 2.24) is 5.23 Å². The Morgan fingerprint density at radius 2 is 2.19 bits per heavy atom. The topological polar surface area (TPSA) is 35.5 Å². The van der Waals surface area contributed by atoms with E-state index in [1.54, 1.807) is 5.57 Å². The summed E-state index contributed by atoms with van der Waals surface area (Å²) in [5.41, 5.74) is 3.24. The highest BCUT2D eigenvalue weighted by molar-refractivity contribution is 5.42. The monoisotopic (exact) mass is 218 g/mol. The molecule has 5 aliphatic rings. The van der Waals surface area contributed by atoms with Gasteiger partial charge < -0.3 is 10.0 Å². The number of nitrogens with zero attached hydrogens (tertiary/aromatic N) is 1. The molecule has 5 rings (SSSR count). The van der Waals surface area contributed by atoms with Crippen molar-refractivity contribution in [2.45, 2.75) is 31.7 Å². The first-order valence-electron chi connectivity index (χ1n) is 6.66. The fraction of sp³-hybridized carbons (Fsp3) is 0.846. The van der Waals surface area contributed by atoms with E-state index >= 15 is 0 Å². The van der Waals surface area contributed by atoms with Gasteiger partial charge in [0.25, 0.3) is 0 Å². The third-order valence-corrected chi connectivity index (χ3v) is 6.00. The molecule has 3 saturated carbocycles. The molecule has 0 aromatic heterocycles. The molecule has 4 fully saturated rings. The van der Waals surface area contributed by atoms with E-state index in [-0.39, 0.29) is 6.04 Å². The Morgan fingerprint density at radius 1 is 1.25 bits per heavy atom. The zero-order chi connectivity index (χ0) is 10.4. The van der Waals surface area contributed by atoms with Gasteiger partial charge in [-0.05, 0) is 49.4 Å². The summed E-state index contributed by atoms with van der Waals surface area (Å²) in [6.07, 6.45) is 5.50. The van der Waals surface area contributed by atoms with Crippen LogP contribution >= 0.6 is 0 Å². The minimum atomic E-state index is 0.121. The van der Waals surface area contributed by atoms with E-state index in [1.807, 2.05) is 0 Å². The summed E-state index contributed by atoms with van der Waals surface area (Å²) in [4.78, 5) is 5.20. The fourth-order valence-electron chi connectivity index (χ4n) is 5.65. The highest BCUT2D eigenvalue weighted by atomic mass is 16.9. The highest BCUT2D eigenvalue weighted by Crippen LogP contribution is 2.67. The summed E-state index contributed by atoms with van der Waals surface area (Å²) < 4.78 is 0. The van der Waals surface area contributed by atoms with Gasteiger partial charge in [0.05, 0.1) is 6.61 Å². The van der Waals surface area contributed by atoms with Crippen molar-refractivity contribution in [3.8, 4) is 0 Å². The van der Waals surface area contributed by atoms with Crippen molar-refractivity contribution in [1.29, 1.82) is 0 Å². The van der Waals surface area contributed by atoms with E-state index in [2.05, 4.69) is 0 Å². The Labute approximate surface area is 95.0 Å². The molecule has 0 N–H and O–H groups in total. The van der Waals surface area contributed by atoms with Crippen molar-refractivity contribution in [2.75, 3.05) is 6.61 Å². The van der Waals surface area contributed by atoms with Gasteiger partial charge in [0.15, 0.2) is 0 Å². The van der Waals surface area contributed by atoms with Crippen molar-refractivity contribution in [3.05, 3.63) is 16.4 Å². The molecule has 6 unspecified atom stereocenters. The van der Waals surface area contributed by atoms with E-state index in [0.717, 1.165) is 28.9 Å². The summed E-state index contributed by atoms with van der Waals surface area (Å²) in [6.45, 7) is 0.684. The number of rotatable bonds is 0. The summed E-state index contributed by atoms with van der Waals surface area (Å²) in [5, 5.41) is 12.6. The van der Waals surface area contributed by atoms with Crippen LogP contribution in [0.3, 0.4) is 0 Å². The van der Waals surface area contributed by atoms with Gasteiger partial charge in [0.2, 0.25) is 0 Å². The predicted molar refractivity (Wildman–Crippen MR) is 57.9 cm³/mol. The Balaban J connectivity index is 1.68. The Hall–Kier alpha value is -0.380. The van der Waals surface area contributed by atoms with Crippen LogP contribution in [0, 0.1) is 34.8 Å². The van der Waals surface area contributed by atoms with Crippen molar-refractivity contribution >= 4 is 0 Å². The first-order valence-corrected chi connectivity index (χ1v) is 6.66. The molecule has 0 spiro atoms. The van der Waals surface area contributed by atoms with Crippen LogP contribution in [0.25, 0.3) is 0 Å². The standard InChI is InChI=1S/C13H16NO2/c15-14-13-9-4-8(10(13)5-16-14)11-6-1-2-7(3-6)12(9)11/h6-8,10-11,13H,1-5H2/q-1. The van der Waals surface area contributed by atoms with Crippen LogP contribution < -0.4 is 0 Å². The largest absolute Gasteiger partial charge is 0.762 e. The fourth-order valence-corrected chi connectivity index (χ4v) is 5.65. The normalized spacial score (nSPS) is 57.6. The number of hydroxylamine groups is 2. The lowest BCUT2D eigenvalue weighted by Crippen LogP contribution is -2.35. The Kier molecular flexibility index (Phi) is 1.38. The van der Waals surface area contributed by atoms with Crippen LogP contribution in [0.2, 0.25) is 0 Å². The average molecular weight is 218 g/mol. The van der Waals surface area contributed by atoms with Gasteiger partial charge in [-0.25, -0.2) is 0 Å². The summed E-state index contributed by atoms with van der Waals surface area (Å²) in [5.74, 6) is 3.98. The number of fused-ring (bicyclic) bond motifs is 11. The van der Waals surface area contributed by atoms with Crippen LogP contribution in [0.1, 0.15) is 25.7 Å². The molecule has 6 atom stereocenters. The van der Waals surface area contributed by atoms with E-state index in [4.69, 9.17) is 4.84 Å². The molecule has 3 nitrogen and oxygen atoms in total. The second-order valence-corrected chi connectivity index (χ2v) is 6.33. The zero-order valence-corrected chi connectivity index (χ0v) is 9.26. The minimum absolute atomic E-state index is 0.121. The average Bonchev–Trinajstić information content (AvgIpc) is 2.99. The van der Waals surface area contributed by atoms with Gasteiger partial charge in [-0.15, -0.1) is 0 Å². The Morgan fingerprint density at radius 3 is 3.12 bits per heavy atom. The molecule has 0 radical (unpaired) electrons. The van der Waals surface area contributed by atoms with Gasteiger partial charge in [0, 0.05) is 12.0 Å². The van der Waals surface area contributed by atoms with Gasteiger partial charge in [0.1, 0.15) is 0 Å². The maximum absolute atomic E-state index is 11.7. The van der Waals surface area contributed by atoms with Crippen LogP contribution in [0.15, 0.2) is 11.1 Å². The van der Waals surface area contributed by atoms with Gasteiger partial charge in [-0.3, -0.25) is 5.23 Å². The van der Waals surface area contributed by atoms with E-state index < -0.39 is 0 Å². The molecule has 1 saturated heterocycles. The molecule has 4 bridgehead atoms. The van der Waals surface area contributed by atoms with E-state index in [0.29, 0.717) is 12.5 Å². The molecule has 1 aliphatic heterocycles. The smallest absolute Gasteiger partial charge is 0.0723 e. The quantitative estimate of drug-likeness (QED) is 0.584. The van der Waals surface area contributed by atoms with Gasteiger partial charge >= 0.3 is 0 Å². The molecule has 0 aromatic carbocycles. The highest BCUT2D eigenvalue weighted by Gasteiger charge is 2.61. The third kappa shape index (κ3) is 0.754. The summed E-state index contributed by atoms with van der Waals surface area (Å²) in [7, 11) is 0. The van der Waals surface area contributed by atoms with Gasteiger partial charge in [-0.2, -0.15) is 0 Å². The number of allylic oxidation sites excluding steroid dienone is 1. The van der Waals surface area contributed by atoms with Crippen LogP contribution in [-0.4, -0.2) is 17.9 Å². The van der Waals surface area contributed by atoms with Crippen LogP contribution in [0.4, 0.5) is 0 Å². The lowest BCUT2D eigenvalue weighted by atomic mass is 9.71. The molecule has 16 heavy (non-hydrogen) atoms. The molecular weight excluding hydrogens is 202 g/mol. The summed E-state index contributed by atoms with van der Waals surface area (Å²) in [6, 6.07) is 0.121. The number of hydrogen-bond acceptors (Lipinski definition) is 3. The SMILES string of the molecule is [O-]N1OCC2C3CC(=C4C5CCC(C5)C43)C21. The first-order chi connectivity index (χ1) is 7.84. The molecule has 4 aliphatic carbocycles. The first kappa shape index (κ1) is 8.67. The van der Waals surface area contributed by atoms with Crippen molar-refractivity contribution in [3.63, 3.8) is 0 Å². The maximum Gasteiger partial charge on any atom is 0.0723 e. The second kappa shape index (κ2) is 2.55.